The van der Waals surface area contributed by atoms with E-state index in [1.165, 1.54) is 11.8 Å². The van der Waals surface area contributed by atoms with Crippen LogP contribution in [0.2, 0.25) is 0 Å². The van der Waals surface area contributed by atoms with Crippen molar-refractivity contribution in [1.82, 2.24) is 0 Å². The Morgan fingerprint density at radius 2 is 2.00 bits per heavy atom. The van der Waals surface area contributed by atoms with Crippen LogP contribution in [0.5, 0.6) is 0 Å². The van der Waals surface area contributed by atoms with Gasteiger partial charge in [0, 0.05) is 11.4 Å². The van der Waals surface area contributed by atoms with E-state index < -0.39 is 0 Å². The van der Waals surface area contributed by atoms with Crippen molar-refractivity contribution in [1.29, 1.82) is 0 Å². The Bertz CT molecular complexity index is 571. The lowest BCUT2D eigenvalue weighted by Gasteiger charge is -2.11. The molecule has 0 saturated carbocycles. The van der Waals surface area contributed by atoms with E-state index in [2.05, 4.69) is 5.32 Å². The molecule has 2 aromatic rings. The number of anilines is 1. The minimum absolute atomic E-state index is 0.0336. The van der Waals surface area contributed by atoms with Crippen LogP contribution in [0.4, 0.5) is 5.69 Å². The number of rotatable bonds is 5. The Morgan fingerprint density at radius 1 is 1.26 bits per heavy atom. The number of aliphatic hydroxyl groups is 1. The van der Waals surface area contributed by atoms with E-state index in [4.69, 9.17) is 5.11 Å². The molecule has 0 bridgehead atoms. The fraction of sp³-hybridized carbons (Fsp3) is 0.267. The van der Waals surface area contributed by atoms with Crippen molar-refractivity contribution in [3.63, 3.8) is 0 Å². The SMILES string of the molecule is C[C@H](SCCO)C(=O)Nc1ccc2ccccc2c1. The molecule has 0 spiro atoms. The molecular weight excluding hydrogens is 258 g/mol. The molecule has 0 aliphatic heterocycles. The van der Waals surface area contributed by atoms with Crippen molar-refractivity contribution in [2.24, 2.45) is 0 Å². The molecule has 1 amide bonds. The molecule has 0 aromatic heterocycles. The summed E-state index contributed by atoms with van der Waals surface area (Å²) in [6.07, 6.45) is 0. The molecule has 3 nitrogen and oxygen atoms in total. The van der Waals surface area contributed by atoms with E-state index in [0.717, 1.165) is 16.5 Å². The van der Waals surface area contributed by atoms with Gasteiger partial charge in [-0.25, -0.2) is 0 Å². The second kappa shape index (κ2) is 6.59. The largest absolute Gasteiger partial charge is 0.396 e. The van der Waals surface area contributed by atoms with Gasteiger partial charge in [0.15, 0.2) is 0 Å². The Hall–Kier alpha value is -1.52. The summed E-state index contributed by atoms with van der Waals surface area (Å²) in [4.78, 5) is 11.9. The molecule has 2 N–H and O–H groups in total. The predicted octanol–water partition coefficient (Wildman–Crippen LogP) is 2.89. The van der Waals surface area contributed by atoms with Crippen LogP contribution in [0.3, 0.4) is 0 Å². The van der Waals surface area contributed by atoms with E-state index in [9.17, 15) is 4.79 Å². The van der Waals surface area contributed by atoms with Gasteiger partial charge in [-0.3, -0.25) is 4.79 Å². The molecular formula is C15H17NO2S. The summed E-state index contributed by atoms with van der Waals surface area (Å²) in [7, 11) is 0. The van der Waals surface area contributed by atoms with Gasteiger partial charge < -0.3 is 10.4 Å². The van der Waals surface area contributed by atoms with Gasteiger partial charge in [-0.1, -0.05) is 30.3 Å². The van der Waals surface area contributed by atoms with Crippen LogP contribution < -0.4 is 5.32 Å². The molecule has 0 unspecified atom stereocenters. The summed E-state index contributed by atoms with van der Waals surface area (Å²) in [5.74, 6) is 0.542. The highest BCUT2D eigenvalue weighted by Crippen LogP contribution is 2.20. The van der Waals surface area contributed by atoms with E-state index in [-0.39, 0.29) is 17.8 Å². The summed E-state index contributed by atoms with van der Waals surface area (Å²) in [6.45, 7) is 1.94. The van der Waals surface area contributed by atoms with Crippen LogP contribution in [0, 0.1) is 0 Å². The lowest BCUT2D eigenvalue weighted by Crippen LogP contribution is -2.23. The molecule has 2 aromatic carbocycles. The minimum atomic E-state index is -0.168. The molecule has 0 heterocycles. The molecule has 0 saturated heterocycles. The van der Waals surface area contributed by atoms with Gasteiger partial charge in [-0.05, 0) is 29.8 Å². The monoisotopic (exact) mass is 275 g/mol. The van der Waals surface area contributed by atoms with Crippen LogP contribution in [-0.4, -0.2) is 28.6 Å². The maximum atomic E-state index is 11.9. The van der Waals surface area contributed by atoms with Crippen LogP contribution in [0.15, 0.2) is 42.5 Å². The van der Waals surface area contributed by atoms with Crippen molar-refractivity contribution in [3.8, 4) is 0 Å². The molecule has 4 heteroatoms. The Morgan fingerprint density at radius 3 is 2.74 bits per heavy atom. The molecule has 1 atom stereocenters. The van der Waals surface area contributed by atoms with E-state index in [1.807, 2.05) is 49.4 Å². The highest BCUT2D eigenvalue weighted by atomic mass is 32.2. The second-order valence-electron chi connectivity index (χ2n) is 4.29. The smallest absolute Gasteiger partial charge is 0.237 e. The Kier molecular flexibility index (Phi) is 4.82. The van der Waals surface area contributed by atoms with Crippen molar-refractivity contribution < 1.29 is 9.90 Å². The molecule has 2 rings (SSSR count). The number of amides is 1. The average molecular weight is 275 g/mol. The van der Waals surface area contributed by atoms with Crippen LogP contribution in [-0.2, 0) is 4.79 Å². The van der Waals surface area contributed by atoms with Gasteiger partial charge in [-0.15, -0.1) is 11.8 Å². The van der Waals surface area contributed by atoms with Gasteiger partial charge in [0.25, 0.3) is 0 Å². The molecule has 0 aliphatic rings. The summed E-state index contributed by atoms with van der Waals surface area (Å²) in [5.41, 5.74) is 0.806. The zero-order valence-corrected chi connectivity index (χ0v) is 11.6. The first-order chi connectivity index (χ1) is 9.20. The van der Waals surface area contributed by atoms with Crippen LogP contribution in [0.1, 0.15) is 6.92 Å². The number of carbonyl (C=O) groups excluding carboxylic acids is 1. The van der Waals surface area contributed by atoms with Gasteiger partial charge in [0.1, 0.15) is 0 Å². The number of nitrogens with one attached hydrogen (secondary N) is 1. The quantitative estimate of drug-likeness (QED) is 0.882. The van der Waals surface area contributed by atoms with E-state index in [0.29, 0.717) is 5.75 Å². The maximum absolute atomic E-state index is 11.9. The highest BCUT2D eigenvalue weighted by Gasteiger charge is 2.13. The first kappa shape index (κ1) is 13.9. The van der Waals surface area contributed by atoms with Crippen LogP contribution in [0.25, 0.3) is 10.8 Å². The summed E-state index contributed by atoms with van der Waals surface area (Å²) in [6, 6.07) is 13.9. The Balaban J connectivity index is 2.06. The first-order valence-corrected chi connectivity index (χ1v) is 7.27. The van der Waals surface area contributed by atoms with Gasteiger partial charge in [0.2, 0.25) is 5.91 Å². The van der Waals surface area contributed by atoms with Crippen molar-refractivity contribution in [2.45, 2.75) is 12.2 Å². The average Bonchev–Trinajstić information content (AvgIpc) is 2.44. The van der Waals surface area contributed by atoms with Gasteiger partial charge in [0.05, 0.1) is 11.9 Å². The fourth-order valence-corrected chi connectivity index (χ4v) is 2.49. The van der Waals surface area contributed by atoms with Crippen molar-refractivity contribution >= 4 is 34.1 Å². The molecule has 100 valence electrons. The standard InChI is InChI=1S/C15H17NO2S/c1-11(19-9-8-17)15(18)16-14-7-6-12-4-2-3-5-13(12)10-14/h2-7,10-11,17H,8-9H2,1H3,(H,16,18)/t11-/m0/s1. The number of thioether (sulfide) groups is 1. The first-order valence-electron chi connectivity index (χ1n) is 6.23. The van der Waals surface area contributed by atoms with Gasteiger partial charge in [-0.2, -0.15) is 0 Å². The Labute approximate surface area is 117 Å². The highest BCUT2D eigenvalue weighted by molar-refractivity contribution is 8.00. The molecule has 0 aliphatic carbocycles. The zero-order valence-electron chi connectivity index (χ0n) is 10.8. The molecule has 0 radical (unpaired) electrons. The predicted molar refractivity (Wildman–Crippen MR) is 81.6 cm³/mol. The topological polar surface area (TPSA) is 49.3 Å². The minimum Gasteiger partial charge on any atom is -0.396 e. The third-order valence-electron chi connectivity index (χ3n) is 2.85. The van der Waals surface area contributed by atoms with Crippen molar-refractivity contribution in [3.05, 3.63) is 42.5 Å². The van der Waals surface area contributed by atoms with Gasteiger partial charge >= 0.3 is 0 Å². The number of aliphatic hydroxyl groups excluding tert-OH is 1. The summed E-state index contributed by atoms with van der Waals surface area (Å²) in [5, 5.41) is 13.7. The lowest BCUT2D eigenvalue weighted by atomic mass is 10.1. The van der Waals surface area contributed by atoms with E-state index in [1.54, 1.807) is 0 Å². The van der Waals surface area contributed by atoms with Crippen molar-refractivity contribution in [2.75, 3.05) is 17.7 Å². The van der Waals surface area contributed by atoms with E-state index >= 15 is 0 Å². The molecule has 19 heavy (non-hydrogen) atoms. The number of hydrogen-bond acceptors (Lipinski definition) is 3. The number of hydrogen-bond donors (Lipinski definition) is 2. The number of fused-ring (bicyclic) bond motifs is 1. The summed E-state index contributed by atoms with van der Waals surface area (Å²) >= 11 is 1.45. The maximum Gasteiger partial charge on any atom is 0.237 e. The number of carbonyl (C=O) groups is 1. The fourth-order valence-electron chi connectivity index (χ4n) is 1.82. The second-order valence-corrected chi connectivity index (χ2v) is 5.74. The number of benzene rings is 2. The zero-order chi connectivity index (χ0) is 13.7. The summed E-state index contributed by atoms with van der Waals surface area (Å²) < 4.78 is 0. The van der Waals surface area contributed by atoms with Crippen LogP contribution >= 0.6 is 11.8 Å². The normalized spacial score (nSPS) is 12.3. The third kappa shape index (κ3) is 3.72. The lowest BCUT2D eigenvalue weighted by molar-refractivity contribution is -0.115. The third-order valence-corrected chi connectivity index (χ3v) is 3.98. The molecule has 0 fully saturated rings.